The molecule has 0 aromatic heterocycles. The number of carbonyl (C=O) groups excluding carboxylic acids is 1. The Kier molecular flexibility index (Phi) is 5.49. The summed E-state index contributed by atoms with van der Waals surface area (Å²) < 4.78 is 12.8. The molecule has 0 N–H and O–H groups in total. The number of rotatable bonds is 7. The molecule has 0 spiro atoms. The molecule has 1 aliphatic carbocycles. The average molecular weight is 335 g/mol. The first-order valence-electron chi connectivity index (χ1n) is 8.49. The molecule has 1 aromatic rings. The minimum atomic E-state index is -1.94. The van der Waals surface area contributed by atoms with Crippen LogP contribution in [0.2, 0.25) is 18.1 Å². The van der Waals surface area contributed by atoms with Gasteiger partial charge in [0.2, 0.25) is 0 Å². The summed E-state index contributed by atoms with van der Waals surface area (Å²) in [5.74, 6) is 0. The lowest BCUT2D eigenvalue weighted by Gasteiger charge is -2.54. The Bertz CT molecular complexity index is 521. The van der Waals surface area contributed by atoms with E-state index in [2.05, 4.69) is 46.0 Å². The highest BCUT2D eigenvalue weighted by Gasteiger charge is 2.53. The molecular formula is C19H30O3Si. The Morgan fingerprint density at radius 2 is 1.91 bits per heavy atom. The molecule has 0 amide bonds. The van der Waals surface area contributed by atoms with E-state index in [1.807, 2.05) is 18.2 Å². The first-order valence-corrected chi connectivity index (χ1v) is 11.4. The molecule has 4 heteroatoms. The number of ether oxygens (including phenoxy) is 1. The number of carbonyl (C=O) groups is 1. The van der Waals surface area contributed by atoms with Gasteiger partial charge in [0, 0.05) is 6.42 Å². The second kappa shape index (κ2) is 6.87. The van der Waals surface area contributed by atoms with E-state index < -0.39 is 13.9 Å². The van der Waals surface area contributed by atoms with E-state index in [1.54, 1.807) is 0 Å². The van der Waals surface area contributed by atoms with Gasteiger partial charge in [-0.05, 0) is 36.5 Å². The van der Waals surface area contributed by atoms with E-state index >= 15 is 0 Å². The smallest absolute Gasteiger partial charge is 0.192 e. The molecule has 2 rings (SSSR count). The standard InChI is InChI=1S/C19H30O3Si/c1-18(2,3)23(4,5)22-19(13-14-20)12-11-17(19)21-15-16-9-7-6-8-10-16/h6-10,14,17H,11-13,15H2,1-5H3/t17-,19+/m0/s1. The highest BCUT2D eigenvalue weighted by Crippen LogP contribution is 2.47. The van der Waals surface area contributed by atoms with Crippen molar-refractivity contribution < 1.29 is 14.0 Å². The second-order valence-corrected chi connectivity index (χ2v) is 12.8. The predicted octanol–water partition coefficient (Wildman–Crippen LogP) is 4.72. The number of aldehydes is 1. The summed E-state index contributed by atoms with van der Waals surface area (Å²) in [6.07, 6.45) is 3.32. The lowest BCUT2D eigenvalue weighted by atomic mass is 9.75. The first kappa shape index (κ1) is 18.4. The van der Waals surface area contributed by atoms with Crippen molar-refractivity contribution in [2.24, 2.45) is 0 Å². The van der Waals surface area contributed by atoms with E-state index in [9.17, 15) is 4.79 Å². The molecule has 1 aromatic carbocycles. The summed E-state index contributed by atoms with van der Waals surface area (Å²) in [7, 11) is -1.94. The summed E-state index contributed by atoms with van der Waals surface area (Å²) >= 11 is 0. The summed E-state index contributed by atoms with van der Waals surface area (Å²) in [6.45, 7) is 11.7. The molecular weight excluding hydrogens is 304 g/mol. The van der Waals surface area contributed by atoms with E-state index in [0.29, 0.717) is 13.0 Å². The highest BCUT2D eigenvalue weighted by atomic mass is 28.4. The summed E-state index contributed by atoms with van der Waals surface area (Å²) in [5.41, 5.74) is 0.742. The highest BCUT2D eigenvalue weighted by molar-refractivity contribution is 6.74. The lowest BCUT2D eigenvalue weighted by Crippen LogP contribution is -2.61. The van der Waals surface area contributed by atoms with Crippen molar-refractivity contribution in [2.45, 2.75) is 76.5 Å². The Hall–Kier alpha value is -0.973. The Morgan fingerprint density at radius 1 is 1.26 bits per heavy atom. The van der Waals surface area contributed by atoms with Crippen molar-refractivity contribution in [1.29, 1.82) is 0 Å². The quantitative estimate of drug-likeness (QED) is 0.535. The summed E-state index contributed by atoms with van der Waals surface area (Å²) in [4.78, 5) is 11.2. The molecule has 1 fully saturated rings. The van der Waals surface area contributed by atoms with Gasteiger partial charge in [0.05, 0.1) is 18.3 Å². The lowest BCUT2D eigenvalue weighted by molar-refractivity contribution is -0.172. The normalized spacial score (nSPS) is 25.0. The fourth-order valence-electron chi connectivity index (χ4n) is 2.78. The van der Waals surface area contributed by atoms with Crippen LogP contribution in [0.4, 0.5) is 0 Å². The van der Waals surface area contributed by atoms with Crippen molar-refractivity contribution in [1.82, 2.24) is 0 Å². The second-order valence-electron chi connectivity index (χ2n) is 8.12. The van der Waals surface area contributed by atoms with Crippen molar-refractivity contribution in [3.8, 4) is 0 Å². The fraction of sp³-hybridized carbons (Fsp3) is 0.632. The van der Waals surface area contributed by atoms with Gasteiger partial charge in [-0.2, -0.15) is 0 Å². The summed E-state index contributed by atoms with van der Waals surface area (Å²) in [6, 6.07) is 10.2. The van der Waals surface area contributed by atoms with E-state index in [0.717, 1.165) is 24.7 Å². The van der Waals surface area contributed by atoms with Crippen molar-refractivity contribution >= 4 is 14.6 Å². The Labute approximate surface area is 141 Å². The number of benzene rings is 1. The Morgan fingerprint density at radius 3 is 2.39 bits per heavy atom. The van der Waals surface area contributed by atoms with Crippen LogP contribution in [0.25, 0.3) is 0 Å². The maximum atomic E-state index is 11.2. The van der Waals surface area contributed by atoms with Gasteiger partial charge in [-0.15, -0.1) is 0 Å². The van der Waals surface area contributed by atoms with Crippen LogP contribution in [0.1, 0.15) is 45.6 Å². The van der Waals surface area contributed by atoms with Crippen LogP contribution < -0.4 is 0 Å². The molecule has 128 valence electrons. The van der Waals surface area contributed by atoms with Crippen molar-refractivity contribution in [2.75, 3.05) is 0 Å². The fourth-order valence-corrected chi connectivity index (χ4v) is 4.42. The van der Waals surface area contributed by atoms with Gasteiger partial charge >= 0.3 is 0 Å². The van der Waals surface area contributed by atoms with Gasteiger partial charge < -0.3 is 14.0 Å². The SMILES string of the molecule is CC(C)(C)[Si](C)(C)O[C@@]1(CC=O)CC[C@@H]1OCc1ccccc1. The first-order chi connectivity index (χ1) is 10.7. The molecule has 1 aliphatic rings. The molecule has 0 heterocycles. The number of hydrogen-bond acceptors (Lipinski definition) is 3. The van der Waals surface area contributed by atoms with Crippen LogP contribution in [-0.2, 0) is 20.6 Å². The van der Waals surface area contributed by atoms with Crippen LogP contribution in [0.3, 0.4) is 0 Å². The van der Waals surface area contributed by atoms with Crippen LogP contribution in [0, 0.1) is 0 Å². The molecule has 0 aliphatic heterocycles. The van der Waals surface area contributed by atoms with Gasteiger partial charge in [0.15, 0.2) is 8.32 Å². The zero-order valence-corrected chi connectivity index (χ0v) is 16.1. The van der Waals surface area contributed by atoms with E-state index in [4.69, 9.17) is 9.16 Å². The predicted molar refractivity (Wildman–Crippen MR) is 95.9 cm³/mol. The van der Waals surface area contributed by atoms with Crippen molar-refractivity contribution in [3.05, 3.63) is 35.9 Å². The third kappa shape index (κ3) is 4.11. The zero-order valence-electron chi connectivity index (χ0n) is 15.1. The van der Waals surface area contributed by atoms with Crippen LogP contribution >= 0.6 is 0 Å². The van der Waals surface area contributed by atoms with Crippen molar-refractivity contribution in [3.63, 3.8) is 0 Å². The third-order valence-corrected chi connectivity index (χ3v) is 9.93. The molecule has 0 bridgehead atoms. The third-order valence-electron chi connectivity index (χ3n) is 5.40. The van der Waals surface area contributed by atoms with Gasteiger partial charge in [-0.25, -0.2) is 0 Å². The van der Waals surface area contributed by atoms with Crippen LogP contribution in [0.15, 0.2) is 30.3 Å². The molecule has 0 radical (unpaired) electrons. The van der Waals surface area contributed by atoms with E-state index in [-0.39, 0.29) is 11.1 Å². The van der Waals surface area contributed by atoms with Gasteiger partial charge in [-0.1, -0.05) is 51.1 Å². The van der Waals surface area contributed by atoms with E-state index in [1.165, 1.54) is 0 Å². The Balaban J connectivity index is 2.06. The van der Waals surface area contributed by atoms with Crippen LogP contribution in [-0.4, -0.2) is 26.3 Å². The maximum absolute atomic E-state index is 11.2. The monoisotopic (exact) mass is 334 g/mol. The molecule has 3 nitrogen and oxygen atoms in total. The molecule has 2 atom stereocenters. The zero-order chi connectivity index (χ0) is 17.1. The largest absolute Gasteiger partial charge is 0.408 e. The van der Waals surface area contributed by atoms with Crippen LogP contribution in [0.5, 0.6) is 0 Å². The van der Waals surface area contributed by atoms with Gasteiger partial charge in [0.25, 0.3) is 0 Å². The van der Waals surface area contributed by atoms with Gasteiger partial charge in [-0.3, -0.25) is 0 Å². The average Bonchev–Trinajstić information content (AvgIpc) is 2.45. The maximum Gasteiger partial charge on any atom is 0.192 e. The molecule has 0 saturated heterocycles. The molecule has 1 saturated carbocycles. The summed E-state index contributed by atoms with van der Waals surface area (Å²) in [5, 5.41) is 0.127. The number of hydrogen-bond donors (Lipinski definition) is 0. The van der Waals surface area contributed by atoms with Gasteiger partial charge in [0.1, 0.15) is 6.29 Å². The minimum absolute atomic E-state index is 0.0158. The molecule has 23 heavy (non-hydrogen) atoms. The topological polar surface area (TPSA) is 35.5 Å². The minimum Gasteiger partial charge on any atom is -0.408 e. The molecule has 0 unspecified atom stereocenters.